The summed E-state index contributed by atoms with van der Waals surface area (Å²) in [6, 6.07) is 10.6. The summed E-state index contributed by atoms with van der Waals surface area (Å²) in [4.78, 5) is 0. The van der Waals surface area contributed by atoms with Gasteiger partial charge in [-0.1, -0.05) is 36.4 Å². The lowest BCUT2D eigenvalue weighted by Gasteiger charge is -2.03. The highest BCUT2D eigenvalue weighted by molar-refractivity contribution is 7.08. The molecule has 0 bridgehead atoms. The summed E-state index contributed by atoms with van der Waals surface area (Å²) < 4.78 is 0. The fraction of sp³-hybridized carbons (Fsp3) is 0.0769. The van der Waals surface area contributed by atoms with Gasteiger partial charge in [-0.15, -0.1) is 0 Å². The Balaban J connectivity index is 2.33. The second-order valence-corrected chi connectivity index (χ2v) is 4.14. The van der Waals surface area contributed by atoms with Crippen molar-refractivity contribution in [2.45, 2.75) is 6.92 Å². The lowest BCUT2D eigenvalue weighted by atomic mass is 10.0. The van der Waals surface area contributed by atoms with Gasteiger partial charge in [0.1, 0.15) is 0 Å². The van der Waals surface area contributed by atoms with E-state index in [4.69, 9.17) is 0 Å². The molecule has 2 rings (SSSR count). The summed E-state index contributed by atoms with van der Waals surface area (Å²) >= 11 is 1.70. The normalized spacial score (nSPS) is 10.1. The van der Waals surface area contributed by atoms with Gasteiger partial charge in [0.2, 0.25) is 0 Å². The fourth-order valence-electron chi connectivity index (χ4n) is 1.36. The molecule has 70 valence electrons. The van der Waals surface area contributed by atoms with Crippen LogP contribution in [0.5, 0.6) is 0 Å². The predicted molar refractivity (Wildman–Crippen MR) is 63.6 cm³/mol. The van der Waals surface area contributed by atoms with Crippen LogP contribution in [-0.2, 0) is 0 Å². The van der Waals surface area contributed by atoms with E-state index in [-0.39, 0.29) is 0 Å². The lowest BCUT2D eigenvalue weighted by Crippen LogP contribution is -1.83. The molecule has 0 nitrogen and oxygen atoms in total. The molecule has 0 aliphatic carbocycles. The monoisotopic (exact) mass is 200 g/mol. The maximum atomic E-state index is 4.10. The van der Waals surface area contributed by atoms with E-state index in [1.165, 1.54) is 16.7 Å². The second-order valence-electron chi connectivity index (χ2n) is 3.36. The van der Waals surface area contributed by atoms with Crippen molar-refractivity contribution < 1.29 is 0 Å². The van der Waals surface area contributed by atoms with Gasteiger partial charge in [-0.25, -0.2) is 0 Å². The first-order chi connectivity index (χ1) is 6.77. The minimum atomic E-state index is 1.10. The molecule has 2 aromatic rings. The molecular weight excluding hydrogens is 188 g/mol. The van der Waals surface area contributed by atoms with Gasteiger partial charge in [-0.05, 0) is 40.5 Å². The average molecular weight is 200 g/mol. The van der Waals surface area contributed by atoms with Crippen LogP contribution in [0.4, 0.5) is 0 Å². The van der Waals surface area contributed by atoms with Crippen LogP contribution in [0.25, 0.3) is 5.57 Å². The first-order valence-corrected chi connectivity index (χ1v) is 5.50. The summed E-state index contributed by atoms with van der Waals surface area (Å²) in [7, 11) is 0. The summed E-state index contributed by atoms with van der Waals surface area (Å²) in [5, 5.41) is 4.21. The van der Waals surface area contributed by atoms with Gasteiger partial charge in [0.25, 0.3) is 0 Å². The number of hydrogen-bond acceptors (Lipinski definition) is 1. The number of hydrogen-bond donors (Lipinski definition) is 0. The van der Waals surface area contributed by atoms with Crippen LogP contribution in [0.3, 0.4) is 0 Å². The molecule has 0 saturated heterocycles. The predicted octanol–water partition coefficient (Wildman–Crippen LogP) is 4.12. The van der Waals surface area contributed by atoms with E-state index in [1.54, 1.807) is 11.3 Å². The third-order valence-corrected chi connectivity index (χ3v) is 2.95. The van der Waals surface area contributed by atoms with E-state index in [1.807, 2.05) is 0 Å². The fourth-order valence-corrected chi connectivity index (χ4v) is 2.03. The Labute approximate surface area is 88.5 Å². The highest BCUT2D eigenvalue weighted by atomic mass is 32.1. The molecule has 14 heavy (non-hydrogen) atoms. The lowest BCUT2D eigenvalue weighted by molar-refractivity contribution is 1.45. The standard InChI is InChI=1S/C13H12S/c1-10-3-5-12(6-4-10)11(2)13-7-8-14-9-13/h3-9H,2H2,1H3. The Morgan fingerprint density at radius 1 is 1.07 bits per heavy atom. The van der Waals surface area contributed by atoms with Gasteiger partial charge >= 0.3 is 0 Å². The maximum Gasteiger partial charge on any atom is -0.00147 e. The molecule has 1 aromatic heterocycles. The van der Waals surface area contributed by atoms with Crippen molar-refractivity contribution in [1.82, 2.24) is 0 Å². The third-order valence-electron chi connectivity index (χ3n) is 2.27. The molecule has 0 spiro atoms. The van der Waals surface area contributed by atoms with Gasteiger partial charge in [-0.3, -0.25) is 0 Å². The molecule has 0 saturated carbocycles. The van der Waals surface area contributed by atoms with Crippen LogP contribution in [0.1, 0.15) is 16.7 Å². The van der Waals surface area contributed by atoms with Crippen LogP contribution in [-0.4, -0.2) is 0 Å². The molecule has 0 N–H and O–H groups in total. The van der Waals surface area contributed by atoms with Crippen molar-refractivity contribution in [3.8, 4) is 0 Å². The van der Waals surface area contributed by atoms with Crippen molar-refractivity contribution in [2.75, 3.05) is 0 Å². The second kappa shape index (κ2) is 3.81. The minimum absolute atomic E-state index is 1.10. The van der Waals surface area contributed by atoms with Gasteiger partial charge in [-0.2, -0.15) is 11.3 Å². The Hall–Kier alpha value is -1.34. The number of aryl methyl sites for hydroxylation is 1. The molecule has 0 atom stereocenters. The Morgan fingerprint density at radius 3 is 2.36 bits per heavy atom. The van der Waals surface area contributed by atoms with Crippen molar-refractivity contribution in [3.63, 3.8) is 0 Å². The molecule has 0 amide bonds. The van der Waals surface area contributed by atoms with E-state index in [2.05, 4.69) is 54.6 Å². The summed E-state index contributed by atoms with van der Waals surface area (Å²) in [6.45, 7) is 6.20. The Morgan fingerprint density at radius 2 is 1.79 bits per heavy atom. The Bertz CT molecular complexity index is 421. The van der Waals surface area contributed by atoms with Crippen LogP contribution in [0, 0.1) is 6.92 Å². The zero-order valence-electron chi connectivity index (χ0n) is 8.16. The van der Waals surface area contributed by atoms with Crippen LogP contribution >= 0.6 is 11.3 Å². The van der Waals surface area contributed by atoms with E-state index >= 15 is 0 Å². The summed E-state index contributed by atoms with van der Waals surface area (Å²) in [5.41, 5.74) is 4.81. The molecule has 1 aromatic carbocycles. The van der Waals surface area contributed by atoms with E-state index in [9.17, 15) is 0 Å². The van der Waals surface area contributed by atoms with Crippen molar-refractivity contribution in [1.29, 1.82) is 0 Å². The number of rotatable bonds is 2. The zero-order valence-corrected chi connectivity index (χ0v) is 8.97. The van der Waals surface area contributed by atoms with Gasteiger partial charge in [0.15, 0.2) is 0 Å². The zero-order chi connectivity index (χ0) is 9.97. The van der Waals surface area contributed by atoms with Crippen LogP contribution in [0.2, 0.25) is 0 Å². The van der Waals surface area contributed by atoms with Crippen molar-refractivity contribution >= 4 is 16.9 Å². The van der Waals surface area contributed by atoms with Crippen molar-refractivity contribution in [3.05, 3.63) is 64.4 Å². The Kier molecular flexibility index (Phi) is 2.51. The summed E-state index contributed by atoms with van der Waals surface area (Å²) in [6.07, 6.45) is 0. The highest BCUT2D eigenvalue weighted by Gasteiger charge is 2.01. The molecular formula is C13H12S. The van der Waals surface area contributed by atoms with Gasteiger partial charge in [0, 0.05) is 0 Å². The molecule has 0 aliphatic heterocycles. The first-order valence-electron chi connectivity index (χ1n) is 4.56. The first kappa shape index (κ1) is 9.22. The number of thiophene rings is 1. The SMILES string of the molecule is C=C(c1ccc(C)cc1)c1ccsc1. The quantitative estimate of drug-likeness (QED) is 0.684. The molecule has 1 heterocycles. The van der Waals surface area contributed by atoms with E-state index in [0.29, 0.717) is 0 Å². The number of benzene rings is 1. The third kappa shape index (κ3) is 1.78. The van der Waals surface area contributed by atoms with E-state index in [0.717, 1.165) is 5.57 Å². The van der Waals surface area contributed by atoms with Crippen molar-refractivity contribution in [2.24, 2.45) is 0 Å². The smallest absolute Gasteiger partial charge is 0.00147 e. The molecule has 0 radical (unpaired) electrons. The maximum absolute atomic E-state index is 4.10. The molecule has 0 unspecified atom stereocenters. The summed E-state index contributed by atoms with van der Waals surface area (Å²) in [5.74, 6) is 0. The molecule has 0 aliphatic rings. The topological polar surface area (TPSA) is 0 Å². The molecule has 1 heteroatoms. The van der Waals surface area contributed by atoms with Gasteiger partial charge < -0.3 is 0 Å². The average Bonchev–Trinajstić information content (AvgIpc) is 2.71. The van der Waals surface area contributed by atoms with Crippen LogP contribution in [0.15, 0.2) is 47.7 Å². The van der Waals surface area contributed by atoms with Crippen LogP contribution < -0.4 is 0 Å². The van der Waals surface area contributed by atoms with E-state index < -0.39 is 0 Å². The van der Waals surface area contributed by atoms with Gasteiger partial charge in [0.05, 0.1) is 0 Å². The molecule has 0 fully saturated rings. The minimum Gasteiger partial charge on any atom is -0.152 e. The largest absolute Gasteiger partial charge is 0.152 e. The highest BCUT2D eigenvalue weighted by Crippen LogP contribution is 2.23.